The van der Waals surface area contributed by atoms with Crippen LogP contribution in [0.4, 0.5) is 0 Å². The van der Waals surface area contributed by atoms with Gasteiger partial charge in [0.15, 0.2) is 5.96 Å². The summed E-state index contributed by atoms with van der Waals surface area (Å²) in [6.07, 6.45) is 3.67. The van der Waals surface area contributed by atoms with Gasteiger partial charge in [0.05, 0.1) is 6.54 Å². The number of guanidine groups is 1. The van der Waals surface area contributed by atoms with Crippen LogP contribution in [0, 0.1) is 0 Å². The average molecular weight is 525 g/mol. The van der Waals surface area contributed by atoms with Crippen molar-refractivity contribution in [3.63, 3.8) is 0 Å². The molecule has 0 aliphatic rings. The Bertz CT molecular complexity index is 862. The molecule has 164 valence electrons. The van der Waals surface area contributed by atoms with E-state index in [0.717, 1.165) is 37.5 Å². The van der Waals surface area contributed by atoms with E-state index in [4.69, 9.17) is 0 Å². The standard InChI is InChI=1S/C22H31N5O2.HI/c1-4-23-22(24-14-6-8-16-27-15-7-5-9-20(27)28)25-17-18-10-12-19(13-11-18)21(29)26(2)3;/h5,7,9-13,15H,4,6,8,14,16-17H2,1-3H3,(H2,23,24,25);1H. The number of carbonyl (C=O) groups is 1. The van der Waals surface area contributed by atoms with Gasteiger partial charge in [-0.3, -0.25) is 9.59 Å². The van der Waals surface area contributed by atoms with Crippen molar-refractivity contribution in [2.45, 2.75) is 32.9 Å². The van der Waals surface area contributed by atoms with Gasteiger partial charge in [-0.1, -0.05) is 18.2 Å². The van der Waals surface area contributed by atoms with Crippen molar-refractivity contribution >= 4 is 35.8 Å². The minimum absolute atomic E-state index is 0. The van der Waals surface area contributed by atoms with E-state index >= 15 is 0 Å². The van der Waals surface area contributed by atoms with Crippen LogP contribution in [0.5, 0.6) is 0 Å². The van der Waals surface area contributed by atoms with Crippen LogP contribution < -0.4 is 16.2 Å². The summed E-state index contributed by atoms with van der Waals surface area (Å²) in [5.74, 6) is 0.755. The molecule has 7 nitrogen and oxygen atoms in total. The minimum atomic E-state index is -0.00665. The van der Waals surface area contributed by atoms with Gasteiger partial charge < -0.3 is 20.1 Å². The maximum Gasteiger partial charge on any atom is 0.253 e. The zero-order valence-electron chi connectivity index (χ0n) is 17.9. The van der Waals surface area contributed by atoms with E-state index in [1.807, 2.05) is 43.5 Å². The van der Waals surface area contributed by atoms with Crippen LogP contribution in [-0.2, 0) is 13.1 Å². The quantitative estimate of drug-likeness (QED) is 0.229. The second-order valence-electron chi connectivity index (χ2n) is 6.96. The Balaban J connectivity index is 0.00000450. The molecule has 2 aromatic rings. The molecule has 2 N–H and O–H groups in total. The Morgan fingerprint density at radius 2 is 1.80 bits per heavy atom. The normalized spacial score (nSPS) is 10.8. The molecule has 1 aromatic carbocycles. The van der Waals surface area contributed by atoms with E-state index in [-0.39, 0.29) is 35.4 Å². The zero-order valence-corrected chi connectivity index (χ0v) is 20.3. The lowest BCUT2D eigenvalue weighted by Crippen LogP contribution is -2.37. The highest BCUT2D eigenvalue weighted by Gasteiger charge is 2.07. The van der Waals surface area contributed by atoms with Gasteiger partial charge in [-0.05, 0) is 43.5 Å². The third-order valence-electron chi connectivity index (χ3n) is 4.39. The fourth-order valence-corrected chi connectivity index (χ4v) is 2.78. The average Bonchev–Trinajstić information content (AvgIpc) is 2.72. The zero-order chi connectivity index (χ0) is 21.1. The maximum absolute atomic E-state index is 11.9. The molecule has 8 heteroatoms. The number of nitrogens with one attached hydrogen (secondary N) is 2. The lowest BCUT2D eigenvalue weighted by molar-refractivity contribution is 0.0827. The highest BCUT2D eigenvalue weighted by molar-refractivity contribution is 14.0. The van der Waals surface area contributed by atoms with Crippen LogP contribution in [-0.4, -0.2) is 48.5 Å². The number of aliphatic imine (C=N–C) groups is 1. The Labute approximate surface area is 195 Å². The number of halogens is 1. The lowest BCUT2D eigenvalue weighted by Gasteiger charge is -2.12. The van der Waals surface area contributed by atoms with Crippen molar-refractivity contribution in [2.75, 3.05) is 27.2 Å². The predicted octanol–water partition coefficient (Wildman–Crippen LogP) is 2.70. The molecule has 0 atom stereocenters. The van der Waals surface area contributed by atoms with Crippen LogP contribution in [0.25, 0.3) is 0 Å². The Morgan fingerprint density at radius 1 is 1.07 bits per heavy atom. The number of hydrogen-bond acceptors (Lipinski definition) is 3. The molecule has 0 aliphatic heterocycles. The molecular formula is C22H32IN5O2. The molecule has 0 fully saturated rings. The fraction of sp³-hybridized carbons (Fsp3) is 0.409. The van der Waals surface area contributed by atoms with Crippen LogP contribution >= 0.6 is 24.0 Å². The summed E-state index contributed by atoms with van der Waals surface area (Å²) in [7, 11) is 3.49. The van der Waals surface area contributed by atoms with Gasteiger partial charge in [-0.2, -0.15) is 0 Å². The highest BCUT2D eigenvalue weighted by Crippen LogP contribution is 2.07. The molecule has 0 saturated carbocycles. The molecule has 1 amide bonds. The molecule has 0 unspecified atom stereocenters. The summed E-state index contributed by atoms with van der Waals surface area (Å²) < 4.78 is 1.73. The fourth-order valence-electron chi connectivity index (χ4n) is 2.78. The SMILES string of the molecule is CCNC(=NCc1ccc(C(=O)N(C)C)cc1)NCCCCn1ccccc1=O.I. The number of nitrogens with zero attached hydrogens (tertiary/aromatic N) is 3. The number of benzene rings is 1. The Kier molecular flexibility index (Phi) is 11.8. The number of aromatic nitrogens is 1. The van der Waals surface area contributed by atoms with Gasteiger partial charge in [0.2, 0.25) is 5.56 Å². The van der Waals surface area contributed by atoms with Crippen molar-refractivity contribution in [1.82, 2.24) is 20.1 Å². The first-order chi connectivity index (χ1) is 14.0. The van der Waals surface area contributed by atoms with E-state index in [1.54, 1.807) is 35.7 Å². The molecule has 0 aliphatic carbocycles. The maximum atomic E-state index is 11.9. The van der Waals surface area contributed by atoms with E-state index in [0.29, 0.717) is 18.7 Å². The van der Waals surface area contributed by atoms with Crippen LogP contribution in [0.1, 0.15) is 35.7 Å². The number of carbonyl (C=O) groups excluding carboxylic acids is 1. The monoisotopic (exact) mass is 525 g/mol. The van der Waals surface area contributed by atoms with Crippen LogP contribution in [0.3, 0.4) is 0 Å². The molecule has 0 spiro atoms. The van der Waals surface area contributed by atoms with Crippen LogP contribution in [0.15, 0.2) is 58.4 Å². The number of rotatable bonds is 9. The molecule has 30 heavy (non-hydrogen) atoms. The van der Waals surface area contributed by atoms with E-state index in [9.17, 15) is 9.59 Å². The smallest absolute Gasteiger partial charge is 0.253 e. The molecule has 0 bridgehead atoms. The number of unbranched alkanes of at least 4 members (excludes halogenated alkanes) is 1. The Morgan fingerprint density at radius 3 is 2.43 bits per heavy atom. The second kappa shape index (κ2) is 13.8. The predicted molar refractivity (Wildman–Crippen MR) is 133 cm³/mol. The summed E-state index contributed by atoms with van der Waals surface area (Å²) in [6, 6.07) is 12.7. The van der Waals surface area contributed by atoms with Gasteiger partial charge in [0, 0.05) is 51.6 Å². The minimum Gasteiger partial charge on any atom is -0.357 e. The van der Waals surface area contributed by atoms with E-state index < -0.39 is 0 Å². The number of pyridine rings is 1. The third kappa shape index (κ3) is 8.56. The van der Waals surface area contributed by atoms with Gasteiger partial charge >= 0.3 is 0 Å². The van der Waals surface area contributed by atoms with Crippen molar-refractivity contribution in [1.29, 1.82) is 0 Å². The van der Waals surface area contributed by atoms with Crippen molar-refractivity contribution < 1.29 is 4.79 Å². The number of aryl methyl sites for hydroxylation is 1. The van der Waals surface area contributed by atoms with Gasteiger partial charge in [-0.25, -0.2) is 4.99 Å². The molecule has 0 radical (unpaired) electrons. The topological polar surface area (TPSA) is 78.7 Å². The largest absolute Gasteiger partial charge is 0.357 e. The molecule has 1 heterocycles. The highest BCUT2D eigenvalue weighted by atomic mass is 127. The molecule has 1 aromatic heterocycles. The summed E-state index contributed by atoms with van der Waals surface area (Å²) in [4.78, 5) is 29.8. The third-order valence-corrected chi connectivity index (χ3v) is 4.39. The first-order valence-electron chi connectivity index (χ1n) is 9.99. The number of amides is 1. The van der Waals surface area contributed by atoms with Crippen LogP contribution in [0.2, 0.25) is 0 Å². The molecular weight excluding hydrogens is 493 g/mol. The van der Waals surface area contributed by atoms with E-state index in [2.05, 4.69) is 15.6 Å². The first-order valence-corrected chi connectivity index (χ1v) is 9.99. The first kappa shape index (κ1) is 25.7. The second-order valence-corrected chi connectivity index (χ2v) is 6.96. The summed E-state index contributed by atoms with van der Waals surface area (Å²) in [6.45, 7) is 4.84. The Hall–Kier alpha value is -2.36. The molecule has 2 rings (SSSR count). The molecule has 0 saturated heterocycles. The van der Waals surface area contributed by atoms with Crippen molar-refractivity contribution in [3.05, 3.63) is 70.1 Å². The van der Waals surface area contributed by atoms with Gasteiger partial charge in [-0.15, -0.1) is 24.0 Å². The number of hydrogen-bond donors (Lipinski definition) is 2. The van der Waals surface area contributed by atoms with Gasteiger partial charge in [0.1, 0.15) is 0 Å². The summed E-state index contributed by atoms with van der Waals surface area (Å²) >= 11 is 0. The van der Waals surface area contributed by atoms with Crippen molar-refractivity contribution in [3.8, 4) is 0 Å². The summed E-state index contributed by atoms with van der Waals surface area (Å²) in [5.41, 5.74) is 1.75. The van der Waals surface area contributed by atoms with Crippen molar-refractivity contribution in [2.24, 2.45) is 4.99 Å². The summed E-state index contributed by atoms with van der Waals surface area (Å²) in [5, 5.41) is 6.57. The lowest BCUT2D eigenvalue weighted by atomic mass is 10.1. The van der Waals surface area contributed by atoms with E-state index in [1.165, 1.54) is 0 Å². The van der Waals surface area contributed by atoms with Gasteiger partial charge in [0.25, 0.3) is 5.91 Å².